The maximum atomic E-state index is 12.5. The van der Waals surface area contributed by atoms with Crippen molar-refractivity contribution in [3.05, 3.63) is 53.6 Å². The zero-order chi connectivity index (χ0) is 26.9. The predicted molar refractivity (Wildman–Crippen MR) is 143 cm³/mol. The van der Waals surface area contributed by atoms with Crippen molar-refractivity contribution in [2.45, 2.75) is 64.9 Å². The highest BCUT2D eigenvalue weighted by Gasteiger charge is 2.39. The van der Waals surface area contributed by atoms with Crippen LogP contribution in [0.25, 0.3) is 11.1 Å². The molecule has 2 heterocycles. The number of nitrogens with zero attached hydrogens (tertiary/aromatic N) is 1. The number of nitrogens with one attached hydrogen (secondary N) is 1. The molecule has 8 nitrogen and oxygen atoms in total. The molecule has 0 radical (unpaired) electrons. The Morgan fingerprint density at radius 1 is 1.11 bits per heavy atom. The first kappa shape index (κ1) is 26.5. The van der Waals surface area contributed by atoms with Crippen molar-refractivity contribution in [2.75, 3.05) is 26.3 Å². The fraction of sp³-hybridized carbons (Fsp3) is 0.533. The van der Waals surface area contributed by atoms with Gasteiger partial charge in [0.1, 0.15) is 5.75 Å². The van der Waals surface area contributed by atoms with Crippen molar-refractivity contribution in [2.24, 2.45) is 11.3 Å². The lowest BCUT2D eigenvalue weighted by Gasteiger charge is -2.37. The lowest BCUT2D eigenvalue weighted by molar-refractivity contribution is -0.148. The minimum atomic E-state index is -0.677. The number of amides is 2. The molecule has 0 aromatic heterocycles. The summed E-state index contributed by atoms with van der Waals surface area (Å²) in [6.45, 7) is 7.86. The highest BCUT2D eigenvalue weighted by molar-refractivity contribution is 5.95. The van der Waals surface area contributed by atoms with E-state index in [0.29, 0.717) is 31.9 Å². The van der Waals surface area contributed by atoms with Crippen molar-refractivity contribution in [3.63, 3.8) is 0 Å². The SMILES string of the molecule is CC1(COC(=O)N2CCC(C3OCc4cc(-c5ccc(C(=O)NC(C)(C)CO)cc5)ccc4O3)CC2)CC1. The van der Waals surface area contributed by atoms with E-state index in [1.54, 1.807) is 30.9 Å². The minimum absolute atomic E-state index is 0.135. The molecule has 2 aliphatic heterocycles. The average molecular weight is 523 g/mol. The summed E-state index contributed by atoms with van der Waals surface area (Å²) in [7, 11) is 0. The van der Waals surface area contributed by atoms with E-state index in [2.05, 4.69) is 18.3 Å². The highest BCUT2D eigenvalue weighted by atomic mass is 16.7. The Morgan fingerprint density at radius 2 is 1.79 bits per heavy atom. The zero-order valence-corrected chi connectivity index (χ0v) is 22.5. The second-order valence-corrected chi connectivity index (χ2v) is 11.9. The predicted octanol–water partition coefficient (Wildman–Crippen LogP) is 4.74. The van der Waals surface area contributed by atoms with Gasteiger partial charge in [0.25, 0.3) is 5.91 Å². The van der Waals surface area contributed by atoms with E-state index in [1.165, 1.54) is 0 Å². The summed E-state index contributed by atoms with van der Waals surface area (Å²) in [6, 6.07) is 13.5. The summed E-state index contributed by atoms with van der Waals surface area (Å²) >= 11 is 0. The summed E-state index contributed by atoms with van der Waals surface area (Å²) < 4.78 is 17.9. The van der Waals surface area contributed by atoms with Crippen molar-refractivity contribution in [1.29, 1.82) is 0 Å². The molecule has 5 rings (SSSR count). The van der Waals surface area contributed by atoms with Gasteiger partial charge in [0.15, 0.2) is 0 Å². The summed E-state index contributed by atoms with van der Waals surface area (Å²) in [5, 5.41) is 12.2. The van der Waals surface area contributed by atoms with Gasteiger partial charge < -0.3 is 29.5 Å². The van der Waals surface area contributed by atoms with E-state index >= 15 is 0 Å². The molecule has 204 valence electrons. The molecule has 0 bridgehead atoms. The van der Waals surface area contributed by atoms with Crippen LogP contribution in [0.4, 0.5) is 4.79 Å². The van der Waals surface area contributed by atoms with E-state index in [0.717, 1.165) is 48.1 Å². The van der Waals surface area contributed by atoms with Gasteiger partial charge in [-0.2, -0.15) is 0 Å². The van der Waals surface area contributed by atoms with Gasteiger partial charge in [-0.15, -0.1) is 0 Å². The number of ether oxygens (including phenoxy) is 3. The van der Waals surface area contributed by atoms with Crippen LogP contribution in [0.15, 0.2) is 42.5 Å². The van der Waals surface area contributed by atoms with Gasteiger partial charge in [-0.05, 0) is 74.9 Å². The molecule has 3 aliphatic rings. The monoisotopic (exact) mass is 522 g/mol. The molecular weight excluding hydrogens is 484 g/mol. The smallest absolute Gasteiger partial charge is 0.409 e. The van der Waals surface area contributed by atoms with Gasteiger partial charge in [0.05, 0.1) is 25.4 Å². The maximum Gasteiger partial charge on any atom is 0.409 e. The first-order valence-corrected chi connectivity index (χ1v) is 13.5. The molecule has 1 aliphatic carbocycles. The molecule has 1 saturated carbocycles. The van der Waals surface area contributed by atoms with Gasteiger partial charge in [0, 0.05) is 35.5 Å². The summed E-state index contributed by atoms with van der Waals surface area (Å²) in [5.41, 5.74) is 3.05. The molecule has 2 amide bonds. The second kappa shape index (κ2) is 10.6. The van der Waals surface area contributed by atoms with E-state index < -0.39 is 5.54 Å². The Balaban J connectivity index is 1.15. The number of fused-ring (bicyclic) bond motifs is 1. The number of likely N-dealkylation sites (tertiary alicyclic amines) is 1. The highest BCUT2D eigenvalue weighted by Crippen LogP contribution is 2.45. The van der Waals surface area contributed by atoms with Crippen LogP contribution in [0.2, 0.25) is 0 Å². The van der Waals surface area contributed by atoms with E-state index in [4.69, 9.17) is 14.2 Å². The standard InChI is InChI=1S/C30H38N2O6/c1-29(2,18-33)31-26(34)21-6-4-20(5-7-21)23-8-9-25-24(16-23)17-36-27(38-25)22-10-14-32(15-11-22)28(35)37-19-30(3)12-13-30/h4-9,16,22,27,33H,10-15,17-19H2,1-3H3,(H,31,34). The Morgan fingerprint density at radius 3 is 2.45 bits per heavy atom. The largest absolute Gasteiger partial charge is 0.464 e. The third-order valence-corrected chi connectivity index (χ3v) is 7.86. The van der Waals surface area contributed by atoms with E-state index in [-0.39, 0.29) is 36.2 Å². The molecule has 1 saturated heterocycles. The Hall–Kier alpha value is -3.10. The normalized spacial score (nSPS) is 20.7. The first-order chi connectivity index (χ1) is 18.1. The molecule has 0 spiro atoms. The van der Waals surface area contributed by atoms with Crippen molar-refractivity contribution in [1.82, 2.24) is 10.2 Å². The lowest BCUT2D eigenvalue weighted by atomic mass is 9.95. The number of aliphatic hydroxyl groups excluding tert-OH is 1. The van der Waals surface area contributed by atoms with Crippen LogP contribution in [0.1, 0.15) is 62.4 Å². The van der Waals surface area contributed by atoms with Gasteiger partial charge in [-0.1, -0.05) is 25.1 Å². The topological polar surface area (TPSA) is 97.3 Å². The number of carbonyl (C=O) groups excluding carboxylic acids is 2. The lowest BCUT2D eigenvalue weighted by Crippen LogP contribution is -2.46. The molecule has 38 heavy (non-hydrogen) atoms. The Kier molecular flexibility index (Phi) is 7.38. The number of rotatable bonds is 7. The van der Waals surface area contributed by atoms with Crippen LogP contribution < -0.4 is 10.1 Å². The van der Waals surface area contributed by atoms with Crippen LogP contribution in [0.3, 0.4) is 0 Å². The van der Waals surface area contributed by atoms with Crippen molar-refractivity contribution >= 4 is 12.0 Å². The maximum absolute atomic E-state index is 12.5. The first-order valence-electron chi connectivity index (χ1n) is 13.5. The molecule has 2 aromatic rings. The summed E-state index contributed by atoms with van der Waals surface area (Å²) in [6.07, 6.45) is 3.38. The molecule has 2 N–H and O–H groups in total. The van der Waals surface area contributed by atoms with Gasteiger partial charge in [-0.3, -0.25) is 4.79 Å². The number of piperidine rings is 1. The fourth-order valence-corrected chi connectivity index (χ4v) is 4.82. The van der Waals surface area contributed by atoms with E-state index in [9.17, 15) is 14.7 Å². The van der Waals surface area contributed by atoms with Crippen LogP contribution in [0.5, 0.6) is 5.75 Å². The van der Waals surface area contributed by atoms with Crippen molar-refractivity contribution < 1.29 is 28.9 Å². The molecule has 8 heteroatoms. The summed E-state index contributed by atoms with van der Waals surface area (Å²) in [4.78, 5) is 26.7. The number of hydrogen-bond acceptors (Lipinski definition) is 6. The summed E-state index contributed by atoms with van der Waals surface area (Å²) in [5.74, 6) is 0.832. The van der Waals surface area contributed by atoms with Crippen LogP contribution in [0, 0.1) is 11.3 Å². The van der Waals surface area contributed by atoms with Gasteiger partial charge in [0.2, 0.25) is 6.29 Å². The van der Waals surface area contributed by atoms with Crippen molar-refractivity contribution in [3.8, 4) is 16.9 Å². The number of hydrogen-bond donors (Lipinski definition) is 2. The molecule has 1 atom stereocenters. The van der Waals surface area contributed by atoms with Gasteiger partial charge >= 0.3 is 6.09 Å². The number of carbonyl (C=O) groups is 2. The Bertz CT molecular complexity index is 1170. The van der Waals surface area contributed by atoms with Crippen LogP contribution in [-0.4, -0.2) is 60.1 Å². The molecule has 2 aromatic carbocycles. The van der Waals surface area contributed by atoms with Crippen LogP contribution >= 0.6 is 0 Å². The molecule has 1 unspecified atom stereocenters. The van der Waals surface area contributed by atoms with E-state index in [1.807, 2.05) is 24.3 Å². The number of benzene rings is 2. The second-order valence-electron chi connectivity index (χ2n) is 11.9. The third-order valence-electron chi connectivity index (χ3n) is 7.86. The average Bonchev–Trinajstić information content (AvgIpc) is 3.68. The fourth-order valence-electron chi connectivity index (χ4n) is 4.82. The number of aliphatic hydroxyl groups is 1. The Labute approximate surface area is 224 Å². The van der Waals surface area contributed by atoms with Gasteiger partial charge in [-0.25, -0.2) is 4.79 Å². The molecular formula is C30H38N2O6. The molecule has 2 fully saturated rings. The van der Waals surface area contributed by atoms with Crippen LogP contribution in [-0.2, 0) is 16.1 Å². The quantitative estimate of drug-likeness (QED) is 0.545. The zero-order valence-electron chi connectivity index (χ0n) is 22.5. The minimum Gasteiger partial charge on any atom is -0.464 e. The third kappa shape index (κ3) is 6.13.